The predicted molar refractivity (Wildman–Crippen MR) is 77.3 cm³/mol. The maximum Gasteiger partial charge on any atom is 0.0624 e. The van der Waals surface area contributed by atoms with Crippen LogP contribution in [0.5, 0.6) is 0 Å². The minimum atomic E-state index is 0.146. The van der Waals surface area contributed by atoms with E-state index >= 15 is 0 Å². The van der Waals surface area contributed by atoms with Gasteiger partial charge in [0.05, 0.1) is 12.3 Å². The van der Waals surface area contributed by atoms with Crippen molar-refractivity contribution in [1.82, 2.24) is 9.78 Å². The lowest BCUT2D eigenvalue weighted by molar-refractivity contribution is 0.262. The van der Waals surface area contributed by atoms with E-state index < -0.39 is 0 Å². The second-order valence-corrected chi connectivity index (χ2v) is 4.79. The zero-order valence-corrected chi connectivity index (χ0v) is 11.7. The summed E-state index contributed by atoms with van der Waals surface area (Å²) in [5.74, 6) is 0.146. The average Bonchev–Trinajstić information content (AvgIpc) is 2.87. The van der Waals surface area contributed by atoms with E-state index in [-0.39, 0.29) is 12.5 Å². The van der Waals surface area contributed by atoms with E-state index in [1.807, 2.05) is 22.9 Å². The van der Waals surface area contributed by atoms with Gasteiger partial charge in [-0.2, -0.15) is 5.10 Å². The molecule has 1 N–H and O–H groups in total. The van der Waals surface area contributed by atoms with Crippen LogP contribution in [0.25, 0.3) is 0 Å². The third-order valence-electron chi connectivity index (χ3n) is 3.52. The standard InChI is InChI=1S/C16H22N2O/c1-3-15-11-16(18(4-2)17-15)10-14(12-19)13-8-6-5-7-9-13/h5-9,11,14,19H,3-4,10,12H2,1-2H3. The monoisotopic (exact) mass is 258 g/mol. The number of rotatable bonds is 6. The van der Waals surface area contributed by atoms with Crippen molar-refractivity contribution >= 4 is 0 Å². The zero-order valence-electron chi connectivity index (χ0n) is 11.7. The van der Waals surface area contributed by atoms with Crippen LogP contribution in [-0.4, -0.2) is 21.5 Å². The quantitative estimate of drug-likeness (QED) is 0.865. The van der Waals surface area contributed by atoms with Crippen molar-refractivity contribution in [2.45, 2.75) is 39.2 Å². The second-order valence-electron chi connectivity index (χ2n) is 4.79. The Morgan fingerprint density at radius 1 is 1.21 bits per heavy atom. The van der Waals surface area contributed by atoms with Gasteiger partial charge in [0, 0.05) is 18.2 Å². The largest absolute Gasteiger partial charge is 0.396 e. The average molecular weight is 258 g/mol. The number of nitrogens with zero attached hydrogens (tertiary/aromatic N) is 2. The van der Waals surface area contributed by atoms with Crippen LogP contribution < -0.4 is 0 Å². The van der Waals surface area contributed by atoms with E-state index in [4.69, 9.17) is 0 Å². The summed E-state index contributed by atoms with van der Waals surface area (Å²) in [6.07, 6.45) is 1.79. The first-order chi connectivity index (χ1) is 9.28. The number of aryl methyl sites for hydroxylation is 2. The summed E-state index contributed by atoms with van der Waals surface area (Å²) in [5.41, 5.74) is 3.52. The van der Waals surface area contributed by atoms with Gasteiger partial charge in [-0.3, -0.25) is 4.68 Å². The maximum atomic E-state index is 9.64. The Balaban J connectivity index is 2.21. The highest BCUT2D eigenvalue weighted by Gasteiger charge is 2.14. The SMILES string of the molecule is CCc1cc(CC(CO)c2ccccc2)n(CC)n1. The number of hydrogen-bond acceptors (Lipinski definition) is 2. The molecule has 1 unspecified atom stereocenters. The minimum Gasteiger partial charge on any atom is -0.396 e. The molecule has 19 heavy (non-hydrogen) atoms. The highest BCUT2D eigenvalue weighted by atomic mass is 16.3. The number of hydrogen-bond donors (Lipinski definition) is 1. The molecule has 1 aromatic heterocycles. The van der Waals surface area contributed by atoms with E-state index in [2.05, 4.69) is 37.1 Å². The first-order valence-electron chi connectivity index (χ1n) is 6.99. The Labute approximate surface area is 114 Å². The Morgan fingerprint density at radius 3 is 2.53 bits per heavy atom. The number of aliphatic hydroxyl groups excluding tert-OH is 1. The molecule has 3 heteroatoms. The van der Waals surface area contributed by atoms with Crippen molar-refractivity contribution in [2.75, 3.05) is 6.61 Å². The van der Waals surface area contributed by atoms with Crippen molar-refractivity contribution in [3.8, 4) is 0 Å². The molecule has 0 aliphatic heterocycles. The third-order valence-corrected chi connectivity index (χ3v) is 3.52. The van der Waals surface area contributed by atoms with Crippen molar-refractivity contribution in [1.29, 1.82) is 0 Å². The molecular weight excluding hydrogens is 236 g/mol. The fourth-order valence-electron chi connectivity index (χ4n) is 2.39. The summed E-state index contributed by atoms with van der Waals surface area (Å²) in [7, 11) is 0. The smallest absolute Gasteiger partial charge is 0.0624 e. The topological polar surface area (TPSA) is 38.0 Å². The fourth-order valence-corrected chi connectivity index (χ4v) is 2.39. The maximum absolute atomic E-state index is 9.64. The van der Waals surface area contributed by atoms with Crippen molar-refractivity contribution in [2.24, 2.45) is 0 Å². The summed E-state index contributed by atoms with van der Waals surface area (Å²) in [6, 6.07) is 12.4. The van der Waals surface area contributed by atoms with Crippen LogP contribution in [0.2, 0.25) is 0 Å². The lowest BCUT2D eigenvalue weighted by atomic mass is 9.95. The normalized spacial score (nSPS) is 12.6. The molecule has 2 aromatic rings. The van der Waals surface area contributed by atoms with E-state index in [1.165, 1.54) is 11.3 Å². The summed E-state index contributed by atoms with van der Waals surface area (Å²) < 4.78 is 2.05. The predicted octanol–water partition coefficient (Wildman–Crippen LogP) is 2.78. The third kappa shape index (κ3) is 3.24. The first-order valence-corrected chi connectivity index (χ1v) is 6.99. The van der Waals surface area contributed by atoms with Crippen LogP contribution in [0, 0.1) is 0 Å². The summed E-state index contributed by atoms with van der Waals surface area (Å²) in [6.45, 7) is 5.27. The zero-order chi connectivity index (χ0) is 13.7. The van der Waals surface area contributed by atoms with Gasteiger partial charge >= 0.3 is 0 Å². The van der Waals surface area contributed by atoms with Gasteiger partial charge in [0.25, 0.3) is 0 Å². The Hall–Kier alpha value is -1.61. The van der Waals surface area contributed by atoms with E-state index in [9.17, 15) is 5.11 Å². The molecule has 0 radical (unpaired) electrons. The molecule has 2 rings (SSSR count). The van der Waals surface area contributed by atoms with Crippen LogP contribution in [0.15, 0.2) is 36.4 Å². The Morgan fingerprint density at radius 2 is 1.95 bits per heavy atom. The minimum absolute atomic E-state index is 0.146. The van der Waals surface area contributed by atoms with Crippen LogP contribution in [0.1, 0.15) is 36.7 Å². The molecule has 1 atom stereocenters. The van der Waals surface area contributed by atoms with Crippen LogP contribution >= 0.6 is 0 Å². The molecule has 0 saturated heterocycles. The van der Waals surface area contributed by atoms with E-state index in [0.717, 1.165) is 25.1 Å². The van der Waals surface area contributed by atoms with Gasteiger partial charge in [-0.05, 0) is 31.4 Å². The van der Waals surface area contributed by atoms with Gasteiger partial charge in [-0.15, -0.1) is 0 Å². The second kappa shape index (κ2) is 6.53. The fraction of sp³-hybridized carbons (Fsp3) is 0.438. The van der Waals surface area contributed by atoms with Crippen LogP contribution in [-0.2, 0) is 19.4 Å². The summed E-state index contributed by atoms with van der Waals surface area (Å²) in [5, 5.41) is 14.2. The Bertz CT molecular complexity index is 505. The van der Waals surface area contributed by atoms with E-state index in [0.29, 0.717) is 0 Å². The Kier molecular flexibility index (Phi) is 4.74. The molecule has 1 aromatic carbocycles. The van der Waals surface area contributed by atoms with Gasteiger partial charge in [0.1, 0.15) is 0 Å². The molecule has 1 heterocycles. The molecule has 0 aliphatic carbocycles. The van der Waals surface area contributed by atoms with Gasteiger partial charge in [-0.1, -0.05) is 37.3 Å². The molecule has 0 bridgehead atoms. The van der Waals surface area contributed by atoms with Crippen molar-refractivity contribution in [3.05, 3.63) is 53.3 Å². The number of benzene rings is 1. The lowest BCUT2D eigenvalue weighted by Gasteiger charge is -2.15. The molecule has 102 valence electrons. The molecule has 0 fully saturated rings. The summed E-state index contributed by atoms with van der Waals surface area (Å²) >= 11 is 0. The van der Waals surface area contributed by atoms with Gasteiger partial charge in [-0.25, -0.2) is 0 Å². The first kappa shape index (κ1) is 13.8. The highest BCUT2D eigenvalue weighted by molar-refractivity contribution is 5.22. The van der Waals surface area contributed by atoms with Crippen molar-refractivity contribution in [3.63, 3.8) is 0 Å². The molecule has 0 amide bonds. The van der Waals surface area contributed by atoms with Crippen LogP contribution in [0.4, 0.5) is 0 Å². The number of aromatic nitrogens is 2. The lowest BCUT2D eigenvalue weighted by Crippen LogP contribution is -2.11. The molecule has 3 nitrogen and oxygen atoms in total. The molecule has 0 saturated carbocycles. The van der Waals surface area contributed by atoms with E-state index in [1.54, 1.807) is 0 Å². The number of aliphatic hydroxyl groups is 1. The molecule has 0 aliphatic rings. The highest BCUT2D eigenvalue weighted by Crippen LogP contribution is 2.21. The van der Waals surface area contributed by atoms with Crippen molar-refractivity contribution < 1.29 is 5.11 Å². The van der Waals surface area contributed by atoms with Gasteiger partial charge < -0.3 is 5.11 Å². The van der Waals surface area contributed by atoms with Crippen LogP contribution in [0.3, 0.4) is 0 Å². The molecular formula is C16H22N2O. The summed E-state index contributed by atoms with van der Waals surface area (Å²) in [4.78, 5) is 0. The molecule has 0 spiro atoms. The van der Waals surface area contributed by atoms with Gasteiger partial charge in [0.15, 0.2) is 0 Å². The van der Waals surface area contributed by atoms with Gasteiger partial charge in [0.2, 0.25) is 0 Å².